The highest BCUT2D eigenvalue weighted by Crippen LogP contribution is 2.27. The quantitative estimate of drug-likeness (QED) is 0.232. The van der Waals surface area contributed by atoms with Gasteiger partial charge < -0.3 is 19.5 Å². The first-order valence-corrected chi connectivity index (χ1v) is 14.0. The van der Waals surface area contributed by atoms with Gasteiger partial charge in [0, 0.05) is 22.5 Å². The third-order valence-corrected chi connectivity index (χ3v) is 7.81. The van der Waals surface area contributed by atoms with Gasteiger partial charge in [0.25, 0.3) is 11.8 Å². The Bertz CT molecular complexity index is 1540. The number of aromatic nitrogens is 1. The fraction of sp³-hybridized carbons (Fsp3) is 0.259. The fourth-order valence-corrected chi connectivity index (χ4v) is 5.09. The number of halogens is 1. The number of ether oxygens (including phenoxy) is 1. The molecule has 0 atom stereocenters. The van der Waals surface area contributed by atoms with E-state index in [1.165, 1.54) is 18.6 Å². The third-order valence-electron chi connectivity index (χ3n) is 5.98. The van der Waals surface area contributed by atoms with E-state index in [0.717, 1.165) is 22.0 Å². The van der Waals surface area contributed by atoms with Crippen molar-refractivity contribution in [3.63, 3.8) is 0 Å². The van der Waals surface area contributed by atoms with E-state index < -0.39 is 27.6 Å². The van der Waals surface area contributed by atoms with E-state index in [1.807, 2.05) is 50.2 Å². The number of aromatic amines is 1. The van der Waals surface area contributed by atoms with Crippen molar-refractivity contribution in [2.75, 3.05) is 18.9 Å². The molecule has 0 radical (unpaired) electrons. The van der Waals surface area contributed by atoms with Gasteiger partial charge in [-0.15, -0.1) is 0 Å². The molecule has 0 saturated carbocycles. The summed E-state index contributed by atoms with van der Waals surface area (Å²) >= 11 is 6.23. The molecule has 0 unspecified atom stereocenters. The van der Waals surface area contributed by atoms with Crippen LogP contribution in [0.15, 0.2) is 59.4 Å². The summed E-state index contributed by atoms with van der Waals surface area (Å²) in [5.74, 6) is -0.982. The van der Waals surface area contributed by atoms with Crippen LogP contribution in [-0.2, 0) is 16.4 Å². The summed E-state index contributed by atoms with van der Waals surface area (Å²) in [4.78, 5) is 28.0. The summed E-state index contributed by atoms with van der Waals surface area (Å²) in [6, 6.07) is 12.6. The maximum Gasteiger partial charge on any atom is 0.281 e. The van der Waals surface area contributed by atoms with Gasteiger partial charge in [0.05, 0.1) is 24.2 Å². The number of aryl methyl sites for hydroxylation is 3. The molecule has 0 aliphatic carbocycles. The molecule has 0 fully saturated rings. The monoisotopic (exact) mass is 557 g/mol. The van der Waals surface area contributed by atoms with E-state index in [4.69, 9.17) is 20.8 Å². The lowest BCUT2D eigenvalue weighted by molar-refractivity contribution is 0.0954. The molecule has 0 bridgehead atoms. The Kier molecular flexibility index (Phi) is 8.43. The van der Waals surface area contributed by atoms with Crippen LogP contribution in [0.25, 0.3) is 10.9 Å². The van der Waals surface area contributed by atoms with Gasteiger partial charge in [-0.25, -0.2) is 13.1 Å². The number of H-pyrrole nitrogens is 1. The van der Waals surface area contributed by atoms with E-state index in [-0.39, 0.29) is 17.8 Å². The number of sulfonamides is 1. The topological polar surface area (TPSA) is 130 Å². The molecule has 38 heavy (non-hydrogen) atoms. The van der Waals surface area contributed by atoms with E-state index in [1.54, 1.807) is 0 Å². The molecule has 0 aliphatic heterocycles. The van der Waals surface area contributed by atoms with E-state index >= 15 is 0 Å². The highest BCUT2D eigenvalue weighted by molar-refractivity contribution is 7.90. The minimum atomic E-state index is -4.01. The number of benzene rings is 2. The summed E-state index contributed by atoms with van der Waals surface area (Å²) < 4.78 is 38.0. The third kappa shape index (κ3) is 6.56. The second-order valence-electron chi connectivity index (χ2n) is 8.87. The van der Waals surface area contributed by atoms with Crippen molar-refractivity contribution >= 4 is 44.3 Å². The number of furan rings is 1. The van der Waals surface area contributed by atoms with Crippen LogP contribution in [0.2, 0.25) is 5.02 Å². The van der Waals surface area contributed by atoms with Gasteiger partial charge in [0.1, 0.15) is 17.7 Å². The molecular weight excluding hydrogens is 530 g/mol. The van der Waals surface area contributed by atoms with Gasteiger partial charge in [-0.1, -0.05) is 29.8 Å². The Balaban J connectivity index is 1.40. The molecule has 0 saturated heterocycles. The van der Waals surface area contributed by atoms with Crippen molar-refractivity contribution in [1.82, 2.24) is 15.0 Å². The Hall–Kier alpha value is -3.76. The number of hydrogen-bond acceptors (Lipinski definition) is 6. The van der Waals surface area contributed by atoms with Gasteiger partial charge in [-0.05, 0) is 67.6 Å². The minimum absolute atomic E-state index is 0.173. The van der Waals surface area contributed by atoms with Gasteiger partial charge >= 0.3 is 0 Å². The second-order valence-corrected chi connectivity index (χ2v) is 11.1. The normalized spacial score (nSPS) is 11.4. The van der Waals surface area contributed by atoms with Crippen molar-refractivity contribution in [2.45, 2.75) is 26.7 Å². The standard InChI is InChI=1S/C27H28ClN3O6S/c1-17-14-20(15-18(2)24(17)28)37-11-5-7-22-21-6-3-4-8-23(21)30-25(22)27(33)31-38(34,35)13-10-29-26(32)19-9-12-36-16-19/h3-4,6,8-9,12,14-16,30H,5,7,10-11,13H2,1-2H3,(H,29,32)(H,31,33). The second kappa shape index (κ2) is 11.7. The predicted octanol–water partition coefficient (Wildman–Crippen LogP) is 4.53. The van der Waals surface area contributed by atoms with Crippen LogP contribution in [-0.4, -0.2) is 44.1 Å². The van der Waals surface area contributed by atoms with Gasteiger partial charge in [0.15, 0.2) is 0 Å². The van der Waals surface area contributed by atoms with Crippen LogP contribution in [0, 0.1) is 13.8 Å². The van der Waals surface area contributed by atoms with Crippen molar-refractivity contribution in [3.8, 4) is 5.75 Å². The van der Waals surface area contributed by atoms with Crippen LogP contribution in [0.3, 0.4) is 0 Å². The van der Waals surface area contributed by atoms with Gasteiger partial charge in [-0.2, -0.15) is 0 Å². The highest BCUT2D eigenvalue weighted by atomic mass is 35.5. The number of para-hydroxylation sites is 1. The Morgan fingerprint density at radius 1 is 1.08 bits per heavy atom. The van der Waals surface area contributed by atoms with E-state index in [0.29, 0.717) is 35.8 Å². The van der Waals surface area contributed by atoms with Crippen molar-refractivity contribution in [3.05, 3.63) is 88.0 Å². The number of carbonyl (C=O) groups excluding carboxylic acids is 2. The van der Waals surface area contributed by atoms with Crippen molar-refractivity contribution in [1.29, 1.82) is 0 Å². The zero-order chi connectivity index (χ0) is 27.3. The summed E-state index contributed by atoms with van der Waals surface area (Å²) in [5, 5.41) is 4.03. The van der Waals surface area contributed by atoms with Crippen LogP contribution < -0.4 is 14.8 Å². The first kappa shape index (κ1) is 27.3. The van der Waals surface area contributed by atoms with Crippen LogP contribution >= 0.6 is 11.6 Å². The lowest BCUT2D eigenvalue weighted by Gasteiger charge is -2.11. The summed E-state index contributed by atoms with van der Waals surface area (Å²) in [6.07, 6.45) is 3.68. The Morgan fingerprint density at radius 3 is 2.53 bits per heavy atom. The maximum atomic E-state index is 13.0. The number of hydrogen-bond donors (Lipinski definition) is 3. The largest absolute Gasteiger partial charge is 0.494 e. The molecule has 2 aromatic carbocycles. The molecule has 2 amide bonds. The van der Waals surface area contributed by atoms with Crippen molar-refractivity contribution in [2.24, 2.45) is 0 Å². The first-order chi connectivity index (χ1) is 18.1. The lowest BCUT2D eigenvalue weighted by Crippen LogP contribution is -2.37. The molecule has 0 aliphatic rings. The summed E-state index contributed by atoms with van der Waals surface area (Å²) in [6.45, 7) is 4.06. The van der Waals surface area contributed by atoms with Crippen LogP contribution in [0.5, 0.6) is 5.75 Å². The molecule has 4 aromatic rings. The highest BCUT2D eigenvalue weighted by Gasteiger charge is 2.22. The summed E-state index contributed by atoms with van der Waals surface area (Å²) in [7, 11) is -4.01. The zero-order valence-electron chi connectivity index (χ0n) is 21.0. The molecule has 2 aromatic heterocycles. The molecule has 3 N–H and O–H groups in total. The average molecular weight is 558 g/mol. The maximum absolute atomic E-state index is 13.0. The van der Waals surface area contributed by atoms with Gasteiger partial charge in [-0.3, -0.25) is 9.59 Å². The van der Waals surface area contributed by atoms with E-state index in [2.05, 4.69) is 15.0 Å². The number of carbonyl (C=O) groups is 2. The Morgan fingerprint density at radius 2 is 1.82 bits per heavy atom. The van der Waals surface area contributed by atoms with Crippen LogP contribution in [0.1, 0.15) is 44.0 Å². The number of nitrogens with one attached hydrogen (secondary N) is 3. The van der Waals surface area contributed by atoms with E-state index in [9.17, 15) is 18.0 Å². The predicted molar refractivity (Wildman–Crippen MR) is 145 cm³/mol. The lowest BCUT2D eigenvalue weighted by atomic mass is 10.1. The molecule has 4 rings (SSSR count). The smallest absolute Gasteiger partial charge is 0.281 e. The number of fused-ring (bicyclic) bond motifs is 1. The fourth-order valence-electron chi connectivity index (χ4n) is 4.12. The van der Waals surface area contributed by atoms with Crippen LogP contribution in [0.4, 0.5) is 0 Å². The molecule has 11 heteroatoms. The average Bonchev–Trinajstić information content (AvgIpc) is 3.53. The summed E-state index contributed by atoms with van der Waals surface area (Å²) in [5.41, 5.74) is 3.74. The first-order valence-electron chi connectivity index (χ1n) is 12.0. The molecule has 0 spiro atoms. The molecule has 2 heterocycles. The Labute approximate surface area is 225 Å². The van der Waals surface area contributed by atoms with Crippen molar-refractivity contribution < 1.29 is 27.2 Å². The number of amides is 2. The molecular formula is C27H28ClN3O6S. The number of rotatable bonds is 11. The zero-order valence-corrected chi connectivity index (χ0v) is 22.5. The molecule has 200 valence electrons. The minimum Gasteiger partial charge on any atom is -0.494 e. The molecule has 9 nitrogen and oxygen atoms in total. The van der Waals surface area contributed by atoms with Gasteiger partial charge in [0.2, 0.25) is 10.0 Å². The SMILES string of the molecule is Cc1cc(OCCCc2c(C(=O)NS(=O)(=O)CCNC(=O)c3ccoc3)[nH]c3ccccc23)cc(C)c1Cl.